The van der Waals surface area contributed by atoms with Crippen LogP contribution in [0.2, 0.25) is 0 Å². The van der Waals surface area contributed by atoms with Crippen LogP contribution in [-0.2, 0) is 0 Å². The average Bonchev–Trinajstić information content (AvgIpc) is 2.22. The first kappa shape index (κ1) is 11.0. The zero-order valence-electron chi connectivity index (χ0n) is 8.78. The lowest BCUT2D eigenvalue weighted by atomic mass is 10.1. The Morgan fingerprint density at radius 3 is 2.36 bits per heavy atom. The minimum absolute atomic E-state index is 1.02. The number of hydrogen-bond acceptors (Lipinski definition) is 0. The molecule has 0 nitrogen and oxygen atoms in total. The molecule has 14 heavy (non-hydrogen) atoms. The van der Waals surface area contributed by atoms with E-state index in [0.29, 0.717) is 0 Å². The second-order valence-electron chi connectivity index (χ2n) is 3.47. The van der Waals surface area contributed by atoms with E-state index in [9.17, 15) is 0 Å². The molecule has 0 aromatic carbocycles. The first-order valence-electron chi connectivity index (χ1n) is 5.53. The van der Waals surface area contributed by atoms with Crippen LogP contribution < -0.4 is 0 Å². The molecule has 1 rings (SSSR count). The Morgan fingerprint density at radius 1 is 0.714 bits per heavy atom. The molecular formula is C14H19. The highest BCUT2D eigenvalue weighted by Crippen LogP contribution is 2.03. The summed E-state index contributed by atoms with van der Waals surface area (Å²) in [5, 5.41) is 0. The molecule has 0 spiro atoms. The van der Waals surface area contributed by atoms with Gasteiger partial charge in [0.1, 0.15) is 0 Å². The molecule has 0 heteroatoms. The highest BCUT2D eigenvalue weighted by atomic mass is 13.9. The van der Waals surface area contributed by atoms with Gasteiger partial charge in [-0.25, -0.2) is 0 Å². The van der Waals surface area contributed by atoms with Gasteiger partial charge in [-0.1, -0.05) is 42.5 Å². The third kappa shape index (κ3) is 6.47. The molecule has 0 amide bonds. The fourth-order valence-corrected chi connectivity index (χ4v) is 1.36. The Balaban J connectivity index is 2.35. The summed E-state index contributed by atoms with van der Waals surface area (Å²) in [6.45, 7) is 0. The molecule has 0 aromatic rings. The first-order valence-corrected chi connectivity index (χ1v) is 5.53. The van der Waals surface area contributed by atoms with Crippen molar-refractivity contribution in [2.45, 2.75) is 38.5 Å². The van der Waals surface area contributed by atoms with Crippen LogP contribution in [-0.4, -0.2) is 0 Å². The standard InChI is InChI=1S/C14H19/c1-2-4-6-8-10-12-14-13-11-9-7-5-3-1/h1-2,5-8,12H,3-4,9,11,13-14H2/b2-1-,7-5-,8-6-,12-10?. The van der Waals surface area contributed by atoms with Gasteiger partial charge in [0.05, 0.1) is 0 Å². The fraction of sp³-hybridized carbons (Fsp3) is 0.429. The van der Waals surface area contributed by atoms with Crippen molar-refractivity contribution in [1.29, 1.82) is 0 Å². The smallest absolute Gasteiger partial charge is 0.0166 e. The van der Waals surface area contributed by atoms with Gasteiger partial charge in [-0.15, -0.1) is 0 Å². The van der Waals surface area contributed by atoms with Crippen LogP contribution >= 0.6 is 0 Å². The minimum atomic E-state index is 1.02. The zero-order chi connectivity index (χ0) is 9.90. The lowest BCUT2D eigenvalue weighted by Gasteiger charge is -1.92. The van der Waals surface area contributed by atoms with Crippen LogP contribution in [0.5, 0.6) is 0 Å². The van der Waals surface area contributed by atoms with E-state index in [1.54, 1.807) is 0 Å². The summed E-state index contributed by atoms with van der Waals surface area (Å²) in [5.74, 6) is 0. The van der Waals surface area contributed by atoms with E-state index in [1.165, 1.54) is 19.3 Å². The molecular weight excluding hydrogens is 168 g/mol. The van der Waals surface area contributed by atoms with Gasteiger partial charge in [0.15, 0.2) is 0 Å². The Hall–Kier alpha value is -1.04. The molecule has 0 aromatic heterocycles. The average molecular weight is 187 g/mol. The van der Waals surface area contributed by atoms with Crippen molar-refractivity contribution < 1.29 is 0 Å². The predicted molar refractivity (Wildman–Crippen MR) is 62.9 cm³/mol. The molecule has 1 aliphatic rings. The van der Waals surface area contributed by atoms with E-state index in [2.05, 4.69) is 42.5 Å². The molecule has 0 bridgehead atoms. The van der Waals surface area contributed by atoms with Crippen LogP contribution in [0.1, 0.15) is 38.5 Å². The van der Waals surface area contributed by atoms with Crippen molar-refractivity contribution in [2.75, 3.05) is 0 Å². The van der Waals surface area contributed by atoms with Gasteiger partial charge in [-0.2, -0.15) is 0 Å². The van der Waals surface area contributed by atoms with Gasteiger partial charge in [-0.3, -0.25) is 0 Å². The second kappa shape index (κ2) is 8.55. The zero-order valence-corrected chi connectivity index (χ0v) is 8.78. The van der Waals surface area contributed by atoms with Crippen molar-refractivity contribution in [3.63, 3.8) is 0 Å². The van der Waals surface area contributed by atoms with Crippen LogP contribution in [0.25, 0.3) is 0 Å². The van der Waals surface area contributed by atoms with E-state index in [-0.39, 0.29) is 0 Å². The second-order valence-corrected chi connectivity index (χ2v) is 3.47. The predicted octanol–water partition coefficient (Wildman–Crippen LogP) is 4.37. The third-order valence-electron chi connectivity index (χ3n) is 2.18. The first-order chi connectivity index (χ1) is 7.00. The number of allylic oxidation sites excluding steroid dienone is 8. The minimum Gasteiger partial charge on any atom is -0.0882 e. The molecule has 0 saturated carbocycles. The highest BCUT2D eigenvalue weighted by Gasteiger charge is 1.83. The van der Waals surface area contributed by atoms with Crippen molar-refractivity contribution in [3.8, 4) is 0 Å². The largest absolute Gasteiger partial charge is 0.0882 e. The van der Waals surface area contributed by atoms with Gasteiger partial charge in [0.2, 0.25) is 0 Å². The maximum Gasteiger partial charge on any atom is -0.0166 e. The van der Waals surface area contributed by atoms with E-state index in [4.69, 9.17) is 0 Å². The molecule has 1 aliphatic carbocycles. The van der Waals surface area contributed by atoms with E-state index in [0.717, 1.165) is 19.3 Å². The van der Waals surface area contributed by atoms with Crippen molar-refractivity contribution in [3.05, 3.63) is 48.6 Å². The van der Waals surface area contributed by atoms with Gasteiger partial charge in [0, 0.05) is 0 Å². The van der Waals surface area contributed by atoms with Crippen LogP contribution in [0.4, 0.5) is 0 Å². The van der Waals surface area contributed by atoms with Crippen LogP contribution in [0.15, 0.2) is 42.5 Å². The normalized spacial score (nSPS) is 28.6. The van der Waals surface area contributed by atoms with Crippen molar-refractivity contribution in [1.82, 2.24) is 0 Å². The van der Waals surface area contributed by atoms with Gasteiger partial charge >= 0.3 is 0 Å². The fourth-order valence-electron chi connectivity index (χ4n) is 1.36. The summed E-state index contributed by atoms with van der Waals surface area (Å²) in [4.78, 5) is 0. The van der Waals surface area contributed by atoms with Gasteiger partial charge in [0.25, 0.3) is 0 Å². The Bertz CT molecular complexity index is 228. The van der Waals surface area contributed by atoms with Crippen molar-refractivity contribution >= 4 is 0 Å². The lowest BCUT2D eigenvalue weighted by molar-refractivity contribution is 0.760. The number of rotatable bonds is 0. The Morgan fingerprint density at radius 2 is 1.43 bits per heavy atom. The van der Waals surface area contributed by atoms with Gasteiger partial charge in [-0.05, 0) is 44.6 Å². The lowest BCUT2D eigenvalue weighted by Crippen LogP contribution is -1.73. The summed E-state index contributed by atoms with van der Waals surface area (Å²) in [6, 6.07) is 0. The summed E-state index contributed by atoms with van der Waals surface area (Å²) in [6.07, 6.45) is 25.5. The highest BCUT2D eigenvalue weighted by molar-refractivity contribution is 5.01. The molecule has 0 saturated heterocycles. The summed E-state index contributed by atoms with van der Waals surface area (Å²) >= 11 is 0. The van der Waals surface area contributed by atoms with Crippen LogP contribution in [0.3, 0.4) is 0 Å². The molecule has 0 fully saturated rings. The Labute approximate surface area is 87.7 Å². The molecule has 0 atom stereocenters. The summed E-state index contributed by atoms with van der Waals surface area (Å²) < 4.78 is 0. The molecule has 1 radical (unpaired) electrons. The quantitative estimate of drug-likeness (QED) is 0.494. The molecule has 75 valence electrons. The summed E-state index contributed by atoms with van der Waals surface area (Å²) in [7, 11) is 0. The SMILES string of the molecule is [C]1=C/CCCC/C=C\C/C=C\C\C=C/1. The van der Waals surface area contributed by atoms with Crippen LogP contribution in [0, 0.1) is 6.08 Å². The number of hydrogen-bond donors (Lipinski definition) is 0. The molecule has 0 aliphatic heterocycles. The van der Waals surface area contributed by atoms with Crippen molar-refractivity contribution in [2.24, 2.45) is 0 Å². The monoisotopic (exact) mass is 187 g/mol. The molecule has 0 N–H and O–H groups in total. The third-order valence-corrected chi connectivity index (χ3v) is 2.18. The van der Waals surface area contributed by atoms with E-state index in [1.807, 2.05) is 6.08 Å². The topological polar surface area (TPSA) is 0 Å². The van der Waals surface area contributed by atoms with Gasteiger partial charge < -0.3 is 0 Å². The molecule has 0 unspecified atom stereocenters. The summed E-state index contributed by atoms with van der Waals surface area (Å²) in [5.41, 5.74) is 0. The Kier molecular flexibility index (Phi) is 6.74. The molecule has 0 heterocycles. The maximum absolute atomic E-state index is 3.18. The van der Waals surface area contributed by atoms with E-state index >= 15 is 0 Å². The maximum atomic E-state index is 3.18. The van der Waals surface area contributed by atoms with E-state index < -0.39 is 0 Å².